The summed E-state index contributed by atoms with van der Waals surface area (Å²) in [5.74, 6) is -0.965. The molecule has 3 rings (SSSR count). The van der Waals surface area contributed by atoms with Gasteiger partial charge in [-0.2, -0.15) is 0 Å². The highest BCUT2D eigenvalue weighted by atomic mass is 19.4. The predicted molar refractivity (Wildman–Crippen MR) is 95.1 cm³/mol. The Morgan fingerprint density at radius 2 is 0.862 bits per heavy atom. The Kier molecular flexibility index (Phi) is 5.32. The van der Waals surface area contributed by atoms with E-state index in [1.807, 2.05) is 0 Å². The van der Waals surface area contributed by atoms with Crippen molar-refractivity contribution in [2.75, 3.05) is 5.73 Å². The van der Waals surface area contributed by atoms with Gasteiger partial charge in [-0.3, -0.25) is 0 Å². The summed E-state index contributed by atoms with van der Waals surface area (Å²) in [6.45, 7) is 0. The molecule has 0 aliphatic rings. The second-order valence-corrected chi connectivity index (χ2v) is 5.85. The Morgan fingerprint density at radius 1 is 0.517 bits per heavy atom. The van der Waals surface area contributed by atoms with Gasteiger partial charge in [0.2, 0.25) is 0 Å². The van der Waals surface area contributed by atoms with Crippen LogP contribution < -0.4 is 15.2 Å². The highest BCUT2D eigenvalue weighted by Crippen LogP contribution is 2.43. The number of halogens is 6. The Hall–Kier alpha value is -3.36. The van der Waals surface area contributed by atoms with Crippen molar-refractivity contribution in [1.29, 1.82) is 0 Å². The molecule has 0 unspecified atom stereocenters. The molecule has 0 amide bonds. The number of hydrogen-bond acceptors (Lipinski definition) is 3. The molecule has 152 valence electrons. The standard InChI is InChI=1S/C20H13F6NO2/c21-19(22,23)28-16-10-3-1-6-12(16)14-8-5-9-15(18(14)27)13-7-2-4-11-17(13)29-20(24,25)26/h1-11H,27H2. The molecular weight excluding hydrogens is 400 g/mol. The Labute approximate surface area is 161 Å². The summed E-state index contributed by atoms with van der Waals surface area (Å²) in [6.07, 6.45) is -9.84. The van der Waals surface area contributed by atoms with Crippen molar-refractivity contribution in [1.82, 2.24) is 0 Å². The van der Waals surface area contributed by atoms with E-state index in [-0.39, 0.29) is 27.9 Å². The quantitative estimate of drug-likeness (QED) is 0.398. The lowest BCUT2D eigenvalue weighted by atomic mass is 9.95. The Balaban J connectivity index is 2.13. The first-order valence-electron chi connectivity index (χ1n) is 8.14. The summed E-state index contributed by atoms with van der Waals surface area (Å²) < 4.78 is 84.4. The summed E-state index contributed by atoms with van der Waals surface area (Å²) in [6, 6.07) is 15.0. The lowest BCUT2D eigenvalue weighted by Gasteiger charge is -2.18. The van der Waals surface area contributed by atoms with Crippen LogP contribution in [0.3, 0.4) is 0 Å². The number of anilines is 1. The van der Waals surface area contributed by atoms with Crippen LogP contribution in [0.15, 0.2) is 66.7 Å². The number of nitrogen functional groups attached to an aromatic ring is 1. The Morgan fingerprint density at radius 3 is 1.24 bits per heavy atom. The molecule has 29 heavy (non-hydrogen) atoms. The van der Waals surface area contributed by atoms with Gasteiger partial charge in [0.05, 0.1) is 0 Å². The minimum absolute atomic E-state index is 0.0241. The summed E-state index contributed by atoms with van der Waals surface area (Å²) in [4.78, 5) is 0. The smallest absolute Gasteiger partial charge is 0.405 e. The highest BCUT2D eigenvalue weighted by Gasteiger charge is 2.33. The molecule has 3 aromatic carbocycles. The molecule has 0 aliphatic heterocycles. The molecule has 3 nitrogen and oxygen atoms in total. The molecule has 0 spiro atoms. The van der Waals surface area contributed by atoms with Crippen LogP contribution in [-0.4, -0.2) is 12.7 Å². The molecule has 0 bridgehead atoms. The fourth-order valence-corrected chi connectivity index (χ4v) is 2.84. The van der Waals surface area contributed by atoms with Crippen LogP contribution in [0, 0.1) is 0 Å². The second-order valence-electron chi connectivity index (χ2n) is 5.85. The molecule has 0 saturated carbocycles. The highest BCUT2D eigenvalue weighted by molar-refractivity contribution is 5.92. The third-order valence-electron chi connectivity index (χ3n) is 3.91. The number of benzene rings is 3. The maximum atomic E-state index is 12.7. The van der Waals surface area contributed by atoms with E-state index in [4.69, 9.17) is 5.73 Å². The minimum Gasteiger partial charge on any atom is -0.405 e. The maximum Gasteiger partial charge on any atom is 0.573 e. The monoisotopic (exact) mass is 413 g/mol. The maximum absolute atomic E-state index is 12.7. The second kappa shape index (κ2) is 7.57. The zero-order chi connectivity index (χ0) is 21.2. The lowest BCUT2D eigenvalue weighted by Crippen LogP contribution is -2.18. The summed E-state index contributed by atoms with van der Waals surface area (Å²) in [7, 11) is 0. The fourth-order valence-electron chi connectivity index (χ4n) is 2.84. The molecule has 2 N–H and O–H groups in total. The average Bonchev–Trinajstić information content (AvgIpc) is 2.61. The molecular formula is C20H13F6NO2. The number of alkyl halides is 6. The molecule has 0 aliphatic carbocycles. The van der Waals surface area contributed by atoms with Gasteiger partial charge in [0.1, 0.15) is 11.5 Å². The number of ether oxygens (including phenoxy) is 2. The van der Waals surface area contributed by atoms with Crippen molar-refractivity contribution >= 4 is 5.69 Å². The van der Waals surface area contributed by atoms with Gasteiger partial charge >= 0.3 is 12.7 Å². The van der Waals surface area contributed by atoms with E-state index < -0.39 is 24.2 Å². The van der Waals surface area contributed by atoms with E-state index in [1.54, 1.807) is 0 Å². The predicted octanol–water partition coefficient (Wildman–Crippen LogP) is 6.40. The van der Waals surface area contributed by atoms with Crippen molar-refractivity contribution in [2.45, 2.75) is 12.7 Å². The van der Waals surface area contributed by atoms with Crippen molar-refractivity contribution in [3.05, 3.63) is 66.7 Å². The van der Waals surface area contributed by atoms with E-state index in [1.165, 1.54) is 54.6 Å². The van der Waals surface area contributed by atoms with Crippen LogP contribution in [0.1, 0.15) is 0 Å². The van der Waals surface area contributed by atoms with Crippen molar-refractivity contribution in [3.8, 4) is 33.8 Å². The first-order valence-corrected chi connectivity index (χ1v) is 8.14. The Bertz CT molecular complexity index is 937. The van der Waals surface area contributed by atoms with Crippen molar-refractivity contribution in [3.63, 3.8) is 0 Å². The third kappa shape index (κ3) is 4.92. The van der Waals surface area contributed by atoms with Crippen LogP contribution in [0.2, 0.25) is 0 Å². The average molecular weight is 413 g/mol. The van der Waals surface area contributed by atoms with E-state index in [9.17, 15) is 26.3 Å². The molecule has 0 aromatic heterocycles. The van der Waals surface area contributed by atoms with Gasteiger partial charge in [0, 0.05) is 27.9 Å². The minimum atomic E-state index is -4.92. The van der Waals surface area contributed by atoms with Crippen LogP contribution in [0.25, 0.3) is 22.3 Å². The molecule has 0 fully saturated rings. The largest absolute Gasteiger partial charge is 0.573 e. The summed E-state index contributed by atoms with van der Waals surface area (Å²) >= 11 is 0. The fraction of sp³-hybridized carbons (Fsp3) is 0.100. The van der Waals surface area contributed by atoms with Crippen LogP contribution in [0.4, 0.5) is 32.0 Å². The van der Waals surface area contributed by atoms with Crippen LogP contribution >= 0.6 is 0 Å². The van der Waals surface area contributed by atoms with E-state index in [0.717, 1.165) is 12.1 Å². The third-order valence-corrected chi connectivity index (χ3v) is 3.91. The summed E-state index contributed by atoms with van der Waals surface area (Å²) in [5, 5.41) is 0. The van der Waals surface area contributed by atoms with Gasteiger partial charge < -0.3 is 15.2 Å². The van der Waals surface area contributed by atoms with E-state index >= 15 is 0 Å². The van der Waals surface area contributed by atoms with E-state index in [0.29, 0.717) is 0 Å². The van der Waals surface area contributed by atoms with Gasteiger partial charge in [-0.05, 0) is 12.1 Å². The molecule has 0 saturated heterocycles. The molecule has 9 heteroatoms. The van der Waals surface area contributed by atoms with E-state index in [2.05, 4.69) is 9.47 Å². The first kappa shape index (κ1) is 20.4. The molecule has 0 atom stereocenters. The van der Waals surface area contributed by atoms with Gasteiger partial charge in [-0.15, -0.1) is 26.3 Å². The van der Waals surface area contributed by atoms with Gasteiger partial charge in [-0.25, -0.2) is 0 Å². The van der Waals surface area contributed by atoms with Crippen molar-refractivity contribution in [2.24, 2.45) is 0 Å². The summed E-state index contributed by atoms with van der Waals surface area (Å²) in [5.41, 5.74) is 6.54. The molecule has 0 heterocycles. The normalized spacial score (nSPS) is 11.9. The molecule has 3 aromatic rings. The topological polar surface area (TPSA) is 44.5 Å². The lowest BCUT2D eigenvalue weighted by molar-refractivity contribution is -0.275. The van der Waals surface area contributed by atoms with Gasteiger partial charge in [-0.1, -0.05) is 54.6 Å². The number of para-hydroxylation sites is 3. The zero-order valence-corrected chi connectivity index (χ0v) is 14.5. The van der Waals surface area contributed by atoms with Gasteiger partial charge in [0.25, 0.3) is 0 Å². The number of rotatable bonds is 4. The zero-order valence-electron chi connectivity index (χ0n) is 14.5. The van der Waals surface area contributed by atoms with Crippen LogP contribution in [0.5, 0.6) is 11.5 Å². The van der Waals surface area contributed by atoms with Gasteiger partial charge in [0.15, 0.2) is 0 Å². The van der Waals surface area contributed by atoms with Crippen LogP contribution in [-0.2, 0) is 0 Å². The SMILES string of the molecule is Nc1c(-c2ccccc2OC(F)(F)F)cccc1-c1ccccc1OC(F)(F)F. The van der Waals surface area contributed by atoms with Crippen molar-refractivity contribution < 1.29 is 35.8 Å². The first-order chi connectivity index (χ1) is 13.6. The number of hydrogen-bond donors (Lipinski definition) is 1. The molecule has 0 radical (unpaired) electrons. The number of nitrogens with two attached hydrogens (primary N) is 1.